The first-order chi connectivity index (χ1) is 9.71. The van der Waals surface area contributed by atoms with Gasteiger partial charge in [-0.15, -0.1) is 0 Å². The van der Waals surface area contributed by atoms with Gasteiger partial charge in [0.05, 0.1) is 17.2 Å². The van der Waals surface area contributed by atoms with Gasteiger partial charge in [0.25, 0.3) is 0 Å². The molecule has 2 unspecified atom stereocenters. The Morgan fingerprint density at radius 2 is 2.20 bits per heavy atom. The van der Waals surface area contributed by atoms with E-state index in [-0.39, 0.29) is 6.61 Å². The molecule has 1 saturated heterocycles. The van der Waals surface area contributed by atoms with Crippen LogP contribution in [0.15, 0.2) is 0 Å². The molecule has 4 heteroatoms. The summed E-state index contributed by atoms with van der Waals surface area (Å²) in [5, 5.41) is 10.7. The second-order valence-corrected chi connectivity index (χ2v) is 6.97. The van der Waals surface area contributed by atoms with E-state index >= 15 is 0 Å². The number of hydrogen-bond donors (Lipinski definition) is 1. The highest BCUT2D eigenvalue weighted by molar-refractivity contribution is 7.15. The lowest BCUT2D eigenvalue weighted by Crippen LogP contribution is -2.39. The molecule has 20 heavy (non-hydrogen) atoms. The third-order valence-electron chi connectivity index (χ3n) is 4.43. The van der Waals surface area contributed by atoms with Gasteiger partial charge in [-0.3, -0.25) is 0 Å². The molecule has 1 aliphatic heterocycles. The molecule has 3 nitrogen and oxygen atoms in total. The van der Waals surface area contributed by atoms with Crippen molar-refractivity contribution in [1.29, 1.82) is 0 Å². The van der Waals surface area contributed by atoms with E-state index in [2.05, 4.69) is 25.7 Å². The maximum atomic E-state index is 9.60. The Balaban J connectivity index is 2.24. The van der Waals surface area contributed by atoms with Crippen LogP contribution in [0.4, 0.5) is 5.13 Å². The van der Waals surface area contributed by atoms with Crippen LogP contribution in [0.1, 0.15) is 75.8 Å². The summed E-state index contributed by atoms with van der Waals surface area (Å²) < 4.78 is 0. The molecule has 2 atom stereocenters. The standard InChI is InChI=1S/C16H28N2OS/c1-4-8-13-9-6-7-10-18(13)16-17-15(12(3)5-2)14(11-19)20-16/h12-13,19H,4-11H2,1-3H3. The van der Waals surface area contributed by atoms with Gasteiger partial charge in [0.1, 0.15) is 0 Å². The number of aromatic nitrogens is 1. The molecule has 2 rings (SSSR count). The molecule has 0 radical (unpaired) electrons. The minimum absolute atomic E-state index is 0.129. The smallest absolute Gasteiger partial charge is 0.186 e. The van der Waals surface area contributed by atoms with E-state index in [0.717, 1.165) is 28.7 Å². The normalized spacial score (nSPS) is 21.2. The molecule has 1 aromatic heterocycles. The summed E-state index contributed by atoms with van der Waals surface area (Å²) in [7, 11) is 0. The lowest BCUT2D eigenvalue weighted by atomic mass is 9.99. The molecule has 0 spiro atoms. The Labute approximate surface area is 127 Å². The number of rotatable bonds is 6. The number of hydrogen-bond acceptors (Lipinski definition) is 4. The zero-order valence-electron chi connectivity index (χ0n) is 13.1. The van der Waals surface area contributed by atoms with Gasteiger partial charge in [0.2, 0.25) is 0 Å². The van der Waals surface area contributed by atoms with Crippen LogP contribution in [0.3, 0.4) is 0 Å². The Bertz CT molecular complexity index is 417. The van der Waals surface area contributed by atoms with Gasteiger partial charge in [-0.1, -0.05) is 38.5 Å². The zero-order chi connectivity index (χ0) is 14.5. The van der Waals surface area contributed by atoms with Crippen LogP contribution >= 0.6 is 11.3 Å². The van der Waals surface area contributed by atoms with Crippen LogP contribution in [-0.2, 0) is 6.61 Å². The fraction of sp³-hybridized carbons (Fsp3) is 0.812. The van der Waals surface area contributed by atoms with Crippen molar-refractivity contribution in [3.8, 4) is 0 Å². The second-order valence-electron chi connectivity index (χ2n) is 5.90. The number of aliphatic hydroxyl groups excluding tert-OH is 1. The van der Waals surface area contributed by atoms with Crippen molar-refractivity contribution in [3.63, 3.8) is 0 Å². The molecule has 1 fully saturated rings. The molecule has 2 heterocycles. The van der Waals surface area contributed by atoms with E-state index in [9.17, 15) is 5.11 Å². The first kappa shape index (κ1) is 15.8. The molecule has 0 aliphatic carbocycles. The van der Waals surface area contributed by atoms with Gasteiger partial charge in [0.15, 0.2) is 5.13 Å². The van der Waals surface area contributed by atoms with Crippen molar-refractivity contribution in [3.05, 3.63) is 10.6 Å². The zero-order valence-corrected chi connectivity index (χ0v) is 13.9. The first-order valence-corrected chi connectivity index (χ1v) is 8.89. The van der Waals surface area contributed by atoms with Crippen molar-refractivity contribution in [2.24, 2.45) is 0 Å². The number of nitrogens with zero attached hydrogens (tertiary/aromatic N) is 2. The summed E-state index contributed by atoms with van der Waals surface area (Å²) in [5.74, 6) is 0.441. The van der Waals surface area contributed by atoms with Crippen LogP contribution in [0, 0.1) is 0 Å². The summed E-state index contributed by atoms with van der Waals surface area (Å²) in [6, 6.07) is 0.649. The van der Waals surface area contributed by atoms with Gasteiger partial charge in [-0.05, 0) is 38.0 Å². The molecule has 0 amide bonds. The number of anilines is 1. The minimum atomic E-state index is 0.129. The Kier molecular flexibility index (Phi) is 5.85. The van der Waals surface area contributed by atoms with Gasteiger partial charge >= 0.3 is 0 Å². The fourth-order valence-corrected chi connectivity index (χ4v) is 4.19. The van der Waals surface area contributed by atoms with E-state index in [1.165, 1.54) is 32.1 Å². The highest BCUT2D eigenvalue weighted by Gasteiger charge is 2.26. The van der Waals surface area contributed by atoms with Crippen LogP contribution < -0.4 is 4.90 Å². The first-order valence-electron chi connectivity index (χ1n) is 8.08. The van der Waals surface area contributed by atoms with Crippen molar-refractivity contribution in [2.45, 2.75) is 77.9 Å². The monoisotopic (exact) mass is 296 g/mol. The average Bonchev–Trinajstić information content (AvgIpc) is 2.91. The van der Waals surface area contributed by atoms with E-state index < -0.39 is 0 Å². The average molecular weight is 296 g/mol. The topological polar surface area (TPSA) is 36.4 Å². The summed E-state index contributed by atoms with van der Waals surface area (Å²) >= 11 is 1.70. The number of piperidine rings is 1. The minimum Gasteiger partial charge on any atom is -0.391 e. The van der Waals surface area contributed by atoms with E-state index in [4.69, 9.17) is 4.98 Å². The Morgan fingerprint density at radius 3 is 2.85 bits per heavy atom. The van der Waals surface area contributed by atoms with Crippen molar-refractivity contribution < 1.29 is 5.11 Å². The van der Waals surface area contributed by atoms with Gasteiger partial charge in [-0.2, -0.15) is 0 Å². The van der Waals surface area contributed by atoms with Gasteiger partial charge in [-0.25, -0.2) is 4.98 Å². The van der Waals surface area contributed by atoms with E-state index in [1.807, 2.05) is 0 Å². The third kappa shape index (κ3) is 3.34. The van der Waals surface area contributed by atoms with E-state index in [1.54, 1.807) is 11.3 Å². The summed E-state index contributed by atoms with van der Waals surface area (Å²) in [5.41, 5.74) is 1.12. The predicted octanol–water partition coefficient (Wildman–Crippen LogP) is 4.31. The predicted molar refractivity (Wildman–Crippen MR) is 86.6 cm³/mol. The Morgan fingerprint density at radius 1 is 1.40 bits per heavy atom. The third-order valence-corrected chi connectivity index (χ3v) is 5.53. The fourth-order valence-electron chi connectivity index (χ4n) is 3.05. The molecule has 0 aromatic carbocycles. The molecule has 1 aromatic rings. The molecule has 1 N–H and O–H groups in total. The lowest BCUT2D eigenvalue weighted by molar-refractivity contribution is 0.283. The van der Waals surface area contributed by atoms with Crippen LogP contribution in [-0.4, -0.2) is 22.7 Å². The molecular formula is C16H28N2OS. The molecular weight excluding hydrogens is 268 g/mol. The highest BCUT2D eigenvalue weighted by atomic mass is 32.1. The van der Waals surface area contributed by atoms with Crippen LogP contribution in [0.5, 0.6) is 0 Å². The van der Waals surface area contributed by atoms with Crippen molar-refractivity contribution >= 4 is 16.5 Å². The SMILES string of the molecule is CCCC1CCCCN1c1nc(C(C)CC)c(CO)s1. The molecule has 114 valence electrons. The maximum absolute atomic E-state index is 9.60. The maximum Gasteiger partial charge on any atom is 0.186 e. The molecule has 0 saturated carbocycles. The lowest BCUT2D eigenvalue weighted by Gasteiger charge is -2.35. The number of aliphatic hydroxyl groups is 1. The van der Waals surface area contributed by atoms with Gasteiger partial charge in [0, 0.05) is 12.6 Å². The van der Waals surface area contributed by atoms with Gasteiger partial charge < -0.3 is 10.0 Å². The Hall–Kier alpha value is -0.610. The highest BCUT2D eigenvalue weighted by Crippen LogP contribution is 2.35. The van der Waals surface area contributed by atoms with E-state index in [0.29, 0.717) is 12.0 Å². The van der Waals surface area contributed by atoms with Crippen LogP contribution in [0.2, 0.25) is 0 Å². The molecule has 0 bridgehead atoms. The summed E-state index contributed by atoms with van der Waals surface area (Å²) in [6.45, 7) is 7.91. The second kappa shape index (κ2) is 7.41. The summed E-state index contributed by atoms with van der Waals surface area (Å²) in [6.07, 6.45) is 7.48. The summed E-state index contributed by atoms with van der Waals surface area (Å²) in [4.78, 5) is 8.46. The van der Waals surface area contributed by atoms with Crippen molar-refractivity contribution in [2.75, 3.05) is 11.4 Å². The quantitative estimate of drug-likeness (QED) is 0.850. The largest absolute Gasteiger partial charge is 0.391 e. The molecule has 1 aliphatic rings. The van der Waals surface area contributed by atoms with Crippen LogP contribution in [0.25, 0.3) is 0 Å². The van der Waals surface area contributed by atoms with Crippen molar-refractivity contribution in [1.82, 2.24) is 4.98 Å². The number of thiazole rings is 1.